The summed E-state index contributed by atoms with van der Waals surface area (Å²) in [7, 11) is 0. The van der Waals surface area contributed by atoms with Crippen molar-refractivity contribution < 1.29 is 4.79 Å². The molecule has 1 aliphatic heterocycles. The predicted octanol–water partition coefficient (Wildman–Crippen LogP) is 3.38. The molecule has 0 bridgehead atoms. The number of carbonyl (C=O) groups excluding carboxylic acids is 1. The summed E-state index contributed by atoms with van der Waals surface area (Å²) in [6.45, 7) is 3.93. The van der Waals surface area contributed by atoms with Crippen molar-refractivity contribution in [3.8, 4) is 0 Å². The lowest BCUT2D eigenvalue weighted by Gasteiger charge is -2.20. The highest BCUT2D eigenvalue weighted by Crippen LogP contribution is 2.14. The number of carbonyl (C=O) groups is 1. The molecular weight excluding hydrogens is 322 g/mol. The molecule has 138 valence electrons. The summed E-state index contributed by atoms with van der Waals surface area (Å²) < 4.78 is 0. The van der Waals surface area contributed by atoms with Crippen LogP contribution in [0.25, 0.3) is 0 Å². The van der Waals surface area contributed by atoms with E-state index in [-0.39, 0.29) is 5.91 Å². The number of amides is 1. The fourth-order valence-electron chi connectivity index (χ4n) is 3.43. The van der Waals surface area contributed by atoms with Gasteiger partial charge in [0.1, 0.15) is 6.04 Å². The van der Waals surface area contributed by atoms with Crippen LogP contribution in [0.3, 0.4) is 0 Å². The van der Waals surface area contributed by atoms with Crippen LogP contribution in [0.4, 0.5) is 0 Å². The number of hydrogen-bond donors (Lipinski definition) is 2. The lowest BCUT2D eigenvalue weighted by atomic mass is 10.1. The zero-order chi connectivity index (χ0) is 18.2. The van der Waals surface area contributed by atoms with Crippen LogP contribution in [-0.4, -0.2) is 23.9 Å². The van der Waals surface area contributed by atoms with Crippen LogP contribution in [0.1, 0.15) is 48.4 Å². The van der Waals surface area contributed by atoms with E-state index in [2.05, 4.69) is 34.5 Å². The Balaban J connectivity index is 1.48. The fraction of sp³-hybridized carbons (Fsp3) is 0.409. The van der Waals surface area contributed by atoms with Crippen LogP contribution in [0.5, 0.6) is 0 Å². The highest BCUT2D eigenvalue weighted by atomic mass is 16.2. The Bertz CT molecular complexity index is 676. The van der Waals surface area contributed by atoms with E-state index in [0.29, 0.717) is 6.54 Å². The second kappa shape index (κ2) is 9.51. The molecule has 0 spiro atoms. The van der Waals surface area contributed by atoms with Gasteiger partial charge >= 0.3 is 0 Å². The maximum atomic E-state index is 12.2. The minimum Gasteiger partial charge on any atom is -0.350 e. The molecule has 0 aliphatic carbocycles. The molecule has 2 aromatic carbocycles. The second-order valence-corrected chi connectivity index (χ2v) is 7.11. The van der Waals surface area contributed by atoms with Crippen LogP contribution >= 0.6 is 0 Å². The summed E-state index contributed by atoms with van der Waals surface area (Å²) in [6, 6.07) is 17.4. The van der Waals surface area contributed by atoms with E-state index >= 15 is 0 Å². The zero-order valence-electron chi connectivity index (χ0n) is 15.4. The van der Waals surface area contributed by atoms with Crippen molar-refractivity contribution in [2.45, 2.75) is 44.8 Å². The smallest absolute Gasteiger partial charge is 0.241 e. The molecule has 1 heterocycles. The molecule has 26 heavy (non-hydrogen) atoms. The number of nitrogens with one attached hydrogen (secondary N) is 1. The number of nitrogens with zero attached hydrogens (tertiary/aromatic N) is 1. The molecule has 1 saturated heterocycles. The summed E-state index contributed by atoms with van der Waals surface area (Å²) in [6.07, 6.45) is 5.35. The van der Waals surface area contributed by atoms with Crippen molar-refractivity contribution >= 4 is 5.91 Å². The van der Waals surface area contributed by atoms with Crippen molar-refractivity contribution in [3.63, 3.8) is 0 Å². The maximum Gasteiger partial charge on any atom is 0.241 e. The first-order chi connectivity index (χ1) is 12.7. The molecule has 1 aliphatic rings. The van der Waals surface area contributed by atoms with Gasteiger partial charge in [0.25, 0.3) is 0 Å². The van der Waals surface area contributed by atoms with Crippen LogP contribution in [0, 0.1) is 0 Å². The lowest BCUT2D eigenvalue weighted by molar-refractivity contribution is -0.122. The van der Waals surface area contributed by atoms with Crippen LogP contribution in [0.2, 0.25) is 0 Å². The summed E-state index contributed by atoms with van der Waals surface area (Å²) in [5.41, 5.74) is 9.29. The minimum atomic E-state index is -0.626. The van der Waals surface area contributed by atoms with Gasteiger partial charge in [-0.2, -0.15) is 0 Å². The Morgan fingerprint density at radius 3 is 2.19 bits per heavy atom. The Kier molecular flexibility index (Phi) is 6.81. The van der Waals surface area contributed by atoms with Gasteiger partial charge in [-0.1, -0.05) is 67.4 Å². The Labute approximate surface area is 156 Å². The molecule has 4 nitrogen and oxygen atoms in total. The quantitative estimate of drug-likeness (QED) is 0.839. The van der Waals surface area contributed by atoms with Gasteiger partial charge in [0.05, 0.1) is 0 Å². The van der Waals surface area contributed by atoms with Crippen molar-refractivity contribution in [1.29, 1.82) is 0 Å². The molecule has 3 rings (SSSR count). The largest absolute Gasteiger partial charge is 0.350 e. The van der Waals surface area contributed by atoms with Gasteiger partial charge < -0.3 is 11.1 Å². The average Bonchev–Trinajstić information content (AvgIpc) is 2.96. The number of hydrogen-bond acceptors (Lipinski definition) is 3. The molecule has 4 heteroatoms. The third-order valence-corrected chi connectivity index (χ3v) is 5.04. The van der Waals surface area contributed by atoms with E-state index < -0.39 is 6.04 Å². The van der Waals surface area contributed by atoms with E-state index in [1.165, 1.54) is 44.3 Å². The van der Waals surface area contributed by atoms with Gasteiger partial charge in [-0.15, -0.1) is 0 Å². The monoisotopic (exact) mass is 351 g/mol. The van der Waals surface area contributed by atoms with E-state index in [1.807, 2.05) is 30.3 Å². The van der Waals surface area contributed by atoms with Gasteiger partial charge in [-0.25, -0.2) is 0 Å². The van der Waals surface area contributed by atoms with Gasteiger partial charge in [-0.05, 0) is 42.6 Å². The van der Waals surface area contributed by atoms with Gasteiger partial charge in [0.2, 0.25) is 5.91 Å². The van der Waals surface area contributed by atoms with E-state index in [0.717, 1.165) is 17.7 Å². The van der Waals surface area contributed by atoms with Crippen molar-refractivity contribution in [2.24, 2.45) is 5.73 Å². The molecule has 0 radical (unpaired) electrons. The lowest BCUT2D eigenvalue weighted by Crippen LogP contribution is -2.33. The predicted molar refractivity (Wildman–Crippen MR) is 105 cm³/mol. The molecule has 0 aromatic heterocycles. The standard InChI is InChI=1S/C22H29N3O/c23-21(20-8-4-3-5-9-20)22(26)24-16-18-10-12-19(13-11-18)17-25-14-6-1-2-7-15-25/h3-5,8-13,21H,1-2,6-7,14-17,23H2,(H,24,26). The summed E-state index contributed by atoms with van der Waals surface area (Å²) in [5.74, 6) is -0.148. The number of nitrogens with two attached hydrogens (primary N) is 1. The highest BCUT2D eigenvalue weighted by Gasteiger charge is 2.15. The molecular formula is C22H29N3O. The molecule has 1 unspecified atom stereocenters. The third kappa shape index (κ3) is 5.41. The molecule has 1 fully saturated rings. The summed E-state index contributed by atoms with van der Waals surface area (Å²) in [4.78, 5) is 14.8. The Morgan fingerprint density at radius 1 is 0.923 bits per heavy atom. The highest BCUT2D eigenvalue weighted by molar-refractivity contribution is 5.82. The van der Waals surface area contributed by atoms with E-state index in [1.54, 1.807) is 0 Å². The van der Waals surface area contributed by atoms with Gasteiger partial charge in [0.15, 0.2) is 0 Å². The number of likely N-dealkylation sites (tertiary alicyclic amines) is 1. The van der Waals surface area contributed by atoms with Crippen molar-refractivity contribution in [3.05, 3.63) is 71.3 Å². The first kappa shape index (κ1) is 18.6. The molecule has 1 atom stereocenters. The Hall–Kier alpha value is -2.17. The Morgan fingerprint density at radius 2 is 1.54 bits per heavy atom. The molecule has 2 aromatic rings. The van der Waals surface area contributed by atoms with Crippen molar-refractivity contribution in [2.75, 3.05) is 13.1 Å². The minimum absolute atomic E-state index is 0.148. The van der Waals surface area contributed by atoms with E-state index in [4.69, 9.17) is 5.73 Å². The molecule has 3 N–H and O–H groups in total. The molecule has 0 saturated carbocycles. The topological polar surface area (TPSA) is 58.4 Å². The second-order valence-electron chi connectivity index (χ2n) is 7.11. The number of rotatable bonds is 6. The van der Waals surface area contributed by atoms with E-state index in [9.17, 15) is 4.79 Å². The third-order valence-electron chi connectivity index (χ3n) is 5.04. The van der Waals surface area contributed by atoms with Crippen LogP contribution < -0.4 is 11.1 Å². The first-order valence-electron chi connectivity index (χ1n) is 9.61. The van der Waals surface area contributed by atoms with Gasteiger partial charge in [0, 0.05) is 13.1 Å². The average molecular weight is 351 g/mol. The van der Waals surface area contributed by atoms with Gasteiger partial charge in [-0.3, -0.25) is 9.69 Å². The van der Waals surface area contributed by atoms with Crippen LogP contribution in [0.15, 0.2) is 54.6 Å². The summed E-state index contributed by atoms with van der Waals surface area (Å²) in [5, 5.41) is 2.93. The maximum absolute atomic E-state index is 12.2. The fourth-order valence-corrected chi connectivity index (χ4v) is 3.43. The number of benzene rings is 2. The zero-order valence-corrected chi connectivity index (χ0v) is 15.4. The van der Waals surface area contributed by atoms with Crippen molar-refractivity contribution in [1.82, 2.24) is 10.2 Å². The van der Waals surface area contributed by atoms with Crippen LogP contribution in [-0.2, 0) is 17.9 Å². The SMILES string of the molecule is NC(C(=O)NCc1ccc(CN2CCCCCC2)cc1)c1ccccc1. The normalized spacial score (nSPS) is 16.7. The summed E-state index contributed by atoms with van der Waals surface area (Å²) >= 11 is 0. The molecule has 1 amide bonds. The first-order valence-corrected chi connectivity index (χ1v) is 9.61.